The van der Waals surface area contributed by atoms with Crippen LogP contribution in [0.4, 0.5) is 0 Å². The number of likely N-dealkylation sites (tertiary alicyclic amines) is 1. The van der Waals surface area contributed by atoms with Gasteiger partial charge in [0.2, 0.25) is 11.8 Å². The zero-order valence-electron chi connectivity index (χ0n) is 18.6. The lowest BCUT2D eigenvalue weighted by Crippen LogP contribution is -2.52. The summed E-state index contributed by atoms with van der Waals surface area (Å²) in [5.41, 5.74) is 2.71. The first-order chi connectivity index (χ1) is 15.6. The number of fused-ring (bicyclic) bond motifs is 1. The van der Waals surface area contributed by atoms with Crippen molar-refractivity contribution in [1.29, 1.82) is 0 Å². The minimum absolute atomic E-state index is 0.0902. The highest BCUT2D eigenvalue weighted by atomic mass is 16.2. The van der Waals surface area contributed by atoms with Crippen LogP contribution in [0.25, 0.3) is 0 Å². The summed E-state index contributed by atoms with van der Waals surface area (Å²) >= 11 is 0. The molecule has 0 spiro atoms. The van der Waals surface area contributed by atoms with Crippen LogP contribution in [0, 0.1) is 0 Å². The number of nitrogens with one attached hydrogen (secondary N) is 3. The van der Waals surface area contributed by atoms with Gasteiger partial charge in [0.1, 0.15) is 6.04 Å². The predicted molar refractivity (Wildman–Crippen MR) is 120 cm³/mol. The second kappa shape index (κ2) is 9.29. The number of amides is 3. The van der Waals surface area contributed by atoms with Crippen LogP contribution in [0.15, 0.2) is 18.2 Å². The molecule has 1 unspecified atom stereocenters. The summed E-state index contributed by atoms with van der Waals surface area (Å²) in [6.07, 6.45) is 5.44. The molecule has 0 aliphatic carbocycles. The van der Waals surface area contributed by atoms with E-state index in [9.17, 15) is 14.4 Å². The fraction of sp³-hybridized carbons (Fsp3) is 0.625. The smallest absolute Gasteiger partial charge is 0.255 e. The summed E-state index contributed by atoms with van der Waals surface area (Å²) < 4.78 is 0. The van der Waals surface area contributed by atoms with Crippen molar-refractivity contribution in [2.45, 2.75) is 69.7 Å². The number of rotatable bonds is 5. The van der Waals surface area contributed by atoms with E-state index >= 15 is 0 Å². The molecule has 0 aromatic heterocycles. The van der Waals surface area contributed by atoms with Crippen molar-refractivity contribution >= 4 is 17.7 Å². The highest BCUT2D eigenvalue weighted by Gasteiger charge is 2.40. The Morgan fingerprint density at radius 1 is 1.00 bits per heavy atom. The number of piperidine rings is 3. The molecule has 4 heterocycles. The first kappa shape index (κ1) is 21.6. The van der Waals surface area contributed by atoms with E-state index in [1.807, 2.05) is 18.2 Å². The molecule has 172 valence electrons. The van der Waals surface area contributed by atoms with Crippen molar-refractivity contribution in [1.82, 2.24) is 25.8 Å². The second-order valence-electron chi connectivity index (χ2n) is 9.52. The lowest BCUT2D eigenvalue weighted by atomic mass is 9.98. The van der Waals surface area contributed by atoms with Gasteiger partial charge in [0.15, 0.2) is 0 Å². The van der Waals surface area contributed by atoms with Crippen LogP contribution in [0.1, 0.15) is 60.0 Å². The Balaban J connectivity index is 1.19. The number of nitrogens with zero attached hydrogens (tertiary/aromatic N) is 2. The summed E-state index contributed by atoms with van der Waals surface area (Å²) in [7, 11) is 0. The molecule has 3 N–H and O–H groups in total. The largest absolute Gasteiger partial charge is 0.322 e. The van der Waals surface area contributed by atoms with Crippen molar-refractivity contribution in [2.75, 3.05) is 26.2 Å². The molecule has 0 bridgehead atoms. The molecule has 1 atom stereocenters. The number of hydrogen-bond acceptors (Lipinski definition) is 6. The van der Waals surface area contributed by atoms with Crippen LogP contribution in [0.3, 0.4) is 0 Å². The van der Waals surface area contributed by atoms with Crippen LogP contribution in [0.5, 0.6) is 0 Å². The van der Waals surface area contributed by atoms with Crippen LogP contribution in [-0.4, -0.2) is 71.8 Å². The Morgan fingerprint density at radius 2 is 1.78 bits per heavy atom. The Morgan fingerprint density at radius 3 is 2.53 bits per heavy atom. The van der Waals surface area contributed by atoms with Gasteiger partial charge in [-0.1, -0.05) is 18.2 Å². The molecule has 0 radical (unpaired) electrons. The monoisotopic (exact) mass is 439 g/mol. The third-order valence-corrected chi connectivity index (χ3v) is 7.57. The summed E-state index contributed by atoms with van der Waals surface area (Å²) in [6.45, 7) is 5.63. The molecule has 0 saturated carbocycles. The average molecular weight is 440 g/mol. The number of carbonyl (C=O) groups excluding carboxylic acids is 3. The van der Waals surface area contributed by atoms with Gasteiger partial charge in [0.25, 0.3) is 5.91 Å². The van der Waals surface area contributed by atoms with Gasteiger partial charge in [-0.3, -0.25) is 19.7 Å². The van der Waals surface area contributed by atoms with Crippen LogP contribution >= 0.6 is 0 Å². The standard InChI is InChI=1S/C24H33N5O3/c30-21-5-4-20(23(31)27-21)29-15-17-3-1-2-16(22(17)24(29)32)14-26-18-8-12-28(13-9-18)19-6-10-25-11-7-19/h1-3,18-20,25-26H,4-15H2,(H,27,30,31). The van der Waals surface area contributed by atoms with Gasteiger partial charge in [0, 0.05) is 37.2 Å². The van der Waals surface area contributed by atoms with E-state index in [4.69, 9.17) is 0 Å². The molecule has 5 rings (SSSR count). The number of imide groups is 1. The minimum atomic E-state index is -0.562. The molecule has 3 amide bonds. The van der Waals surface area contributed by atoms with Gasteiger partial charge in [-0.2, -0.15) is 0 Å². The molecule has 8 heteroatoms. The van der Waals surface area contributed by atoms with Gasteiger partial charge in [-0.25, -0.2) is 0 Å². The van der Waals surface area contributed by atoms with Gasteiger partial charge >= 0.3 is 0 Å². The highest BCUT2D eigenvalue weighted by molar-refractivity contribution is 6.05. The highest BCUT2D eigenvalue weighted by Crippen LogP contribution is 2.30. The number of benzene rings is 1. The molecule has 8 nitrogen and oxygen atoms in total. The van der Waals surface area contributed by atoms with Crippen molar-refractivity contribution in [3.63, 3.8) is 0 Å². The zero-order chi connectivity index (χ0) is 22.1. The molecular weight excluding hydrogens is 406 g/mol. The van der Waals surface area contributed by atoms with Gasteiger partial charge in [-0.15, -0.1) is 0 Å². The van der Waals surface area contributed by atoms with Crippen molar-refractivity contribution in [3.05, 3.63) is 34.9 Å². The maximum atomic E-state index is 13.2. The molecule has 4 aliphatic rings. The van der Waals surface area contributed by atoms with Crippen molar-refractivity contribution < 1.29 is 14.4 Å². The SMILES string of the molecule is O=C1CCC(N2Cc3cccc(CNC4CCN(C5CCNCC5)CC4)c3C2=O)C(=O)N1. The molecule has 3 saturated heterocycles. The molecule has 1 aromatic carbocycles. The molecule has 32 heavy (non-hydrogen) atoms. The third kappa shape index (κ3) is 4.31. The lowest BCUT2D eigenvalue weighted by molar-refractivity contribution is -0.136. The summed E-state index contributed by atoms with van der Waals surface area (Å²) in [4.78, 5) is 41.3. The molecule has 3 fully saturated rings. The predicted octanol–water partition coefficient (Wildman–Crippen LogP) is 0.754. The van der Waals surface area contributed by atoms with E-state index in [0.717, 1.165) is 61.8 Å². The summed E-state index contributed by atoms with van der Waals surface area (Å²) in [5, 5.41) is 9.51. The maximum Gasteiger partial charge on any atom is 0.255 e. The molecule has 1 aromatic rings. The lowest BCUT2D eigenvalue weighted by Gasteiger charge is -2.39. The van der Waals surface area contributed by atoms with Crippen LogP contribution < -0.4 is 16.0 Å². The second-order valence-corrected chi connectivity index (χ2v) is 9.52. The Bertz CT molecular complexity index is 890. The van der Waals surface area contributed by atoms with Crippen molar-refractivity contribution in [3.8, 4) is 0 Å². The maximum absolute atomic E-state index is 13.2. The fourth-order valence-electron chi connectivity index (χ4n) is 5.73. The van der Waals surface area contributed by atoms with Gasteiger partial charge in [0.05, 0.1) is 0 Å². The van der Waals surface area contributed by atoms with E-state index in [-0.39, 0.29) is 24.1 Å². The Kier molecular flexibility index (Phi) is 6.26. The molecule has 4 aliphatic heterocycles. The van der Waals surface area contributed by atoms with Gasteiger partial charge in [-0.05, 0) is 69.4 Å². The fourth-order valence-corrected chi connectivity index (χ4v) is 5.73. The van der Waals surface area contributed by atoms with Crippen LogP contribution in [0.2, 0.25) is 0 Å². The minimum Gasteiger partial charge on any atom is -0.322 e. The normalized spacial score (nSPS) is 25.8. The van der Waals surface area contributed by atoms with Crippen molar-refractivity contribution in [2.24, 2.45) is 0 Å². The zero-order valence-corrected chi connectivity index (χ0v) is 18.6. The Labute approximate surface area is 189 Å². The van der Waals surface area contributed by atoms with E-state index in [1.54, 1.807) is 4.90 Å². The van der Waals surface area contributed by atoms with E-state index in [0.29, 0.717) is 25.6 Å². The summed E-state index contributed by atoms with van der Waals surface area (Å²) in [6, 6.07) is 6.61. The summed E-state index contributed by atoms with van der Waals surface area (Å²) in [5.74, 6) is -0.707. The van der Waals surface area contributed by atoms with Gasteiger partial charge < -0.3 is 20.4 Å². The number of hydrogen-bond donors (Lipinski definition) is 3. The molecular formula is C24H33N5O3. The van der Waals surface area contributed by atoms with E-state index < -0.39 is 6.04 Å². The topological polar surface area (TPSA) is 93.8 Å². The van der Waals surface area contributed by atoms with Crippen LogP contribution in [-0.2, 0) is 22.7 Å². The van der Waals surface area contributed by atoms with E-state index in [2.05, 4.69) is 20.9 Å². The first-order valence-corrected chi connectivity index (χ1v) is 12.0. The third-order valence-electron chi connectivity index (χ3n) is 7.57. The Hall–Kier alpha value is -2.29. The number of carbonyl (C=O) groups is 3. The quantitative estimate of drug-likeness (QED) is 0.587. The average Bonchev–Trinajstić information content (AvgIpc) is 3.15. The van der Waals surface area contributed by atoms with E-state index in [1.165, 1.54) is 12.8 Å². The first-order valence-electron chi connectivity index (χ1n) is 12.0.